The molecule has 4 rings (SSSR count). The van der Waals surface area contributed by atoms with Crippen molar-refractivity contribution in [2.75, 3.05) is 44.7 Å². The van der Waals surface area contributed by atoms with Crippen molar-refractivity contribution in [1.29, 1.82) is 0 Å². The predicted octanol–water partition coefficient (Wildman–Crippen LogP) is 5.43. The van der Waals surface area contributed by atoms with E-state index in [9.17, 15) is 14.7 Å². The monoisotopic (exact) mass is 530 g/mol. The van der Waals surface area contributed by atoms with E-state index in [0.717, 1.165) is 5.69 Å². The summed E-state index contributed by atoms with van der Waals surface area (Å²) in [6.45, 7) is 4.59. The zero-order valence-corrected chi connectivity index (χ0v) is 23.1. The van der Waals surface area contributed by atoms with E-state index in [4.69, 9.17) is 14.2 Å². The topological polar surface area (TPSA) is 88.5 Å². The van der Waals surface area contributed by atoms with Gasteiger partial charge in [-0.15, -0.1) is 0 Å². The molecule has 0 bridgehead atoms. The number of nitrogens with zero attached hydrogens (tertiary/aromatic N) is 2. The van der Waals surface area contributed by atoms with Gasteiger partial charge in [-0.3, -0.25) is 14.5 Å². The molecule has 8 nitrogen and oxygen atoms in total. The molecule has 1 unspecified atom stereocenters. The van der Waals surface area contributed by atoms with Crippen LogP contribution in [-0.2, 0) is 9.59 Å². The standard InChI is InChI=1S/C31H34N2O6/c1-19(2)18-39-24-9-7-8-21(16-24)29(34)27-28(20-10-12-22(13-11-20)32(3)4)33(31(36)30(27)35)23-14-15-25(37-5)26(17-23)38-6/h7-17,19,28,34H,18H2,1-6H3/b29-27+. The number of hydrogen-bond donors (Lipinski definition) is 1. The number of carbonyl (C=O) groups excluding carboxylic acids is 2. The SMILES string of the molecule is COc1ccc(N2C(=O)C(=O)/C(=C(/O)c3cccc(OCC(C)C)c3)C2c2ccc(N(C)C)cc2)cc1OC. The molecule has 1 N–H and O–H groups in total. The van der Waals surface area contributed by atoms with Crippen molar-refractivity contribution in [1.82, 2.24) is 0 Å². The van der Waals surface area contributed by atoms with Gasteiger partial charge in [-0.1, -0.05) is 38.1 Å². The van der Waals surface area contributed by atoms with Gasteiger partial charge < -0.3 is 24.2 Å². The van der Waals surface area contributed by atoms with Crippen molar-refractivity contribution in [3.63, 3.8) is 0 Å². The second-order valence-corrected chi connectivity index (χ2v) is 9.93. The summed E-state index contributed by atoms with van der Waals surface area (Å²) < 4.78 is 16.6. The van der Waals surface area contributed by atoms with E-state index in [0.29, 0.717) is 46.6 Å². The Kier molecular flexibility index (Phi) is 8.14. The number of methoxy groups -OCH3 is 2. The second kappa shape index (κ2) is 11.5. The van der Waals surface area contributed by atoms with Gasteiger partial charge in [-0.2, -0.15) is 0 Å². The van der Waals surface area contributed by atoms with Crippen LogP contribution in [0.1, 0.15) is 31.0 Å². The average molecular weight is 531 g/mol. The molecule has 39 heavy (non-hydrogen) atoms. The maximum Gasteiger partial charge on any atom is 0.300 e. The van der Waals surface area contributed by atoms with Crippen molar-refractivity contribution in [2.24, 2.45) is 5.92 Å². The zero-order chi connectivity index (χ0) is 28.3. The number of hydrogen-bond acceptors (Lipinski definition) is 7. The number of rotatable bonds is 9. The van der Waals surface area contributed by atoms with Crippen molar-refractivity contribution in [3.8, 4) is 17.2 Å². The Morgan fingerprint density at radius 2 is 1.64 bits per heavy atom. The van der Waals surface area contributed by atoms with Gasteiger partial charge in [0.1, 0.15) is 11.5 Å². The summed E-state index contributed by atoms with van der Waals surface area (Å²) in [5.41, 5.74) is 2.44. The molecule has 1 atom stereocenters. The van der Waals surface area contributed by atoms with Crippen LogP contribution >= 0.6 is 0 Å². The molecule has 0 aromatic heterocycles. The molecular weight excluding hydrogens is 496 g/mol. The fraction of sp³-hybridized carbons (Fsp3) is 0.290. The molecule has 0 saturated carbocycles. The molecule has 1 fully saturated rings. The fourth-order valence-corrected chi connectivity index (χ4v) is 4.50. The lowest BCUT2D eigenvalue weighted by Gasteiger charge is -2.26. The normalized spacial score (nSPS) is 16.5. The number of anilines is 2. The molecule has 3 aromatic rings. The highest BCUT2D eigenvalue weighted by molar-refractivity contribution is 6.51. The number of amides is 1. The Hall–Kier alpha value is -4.46. The molecule has 1 saturated heterocycles. The van der Waals surface area contributed by atoms with E-state index in [2.05, 4.69) is 0 Å². The van der Waals surface area contributed by atoms with Crippen LogP contribution < -0.4 is 24.0 Å². The third kappa shape index (κ3) is 5.55. The van der Waals surface area contributed by atoms with E-state index in [1.165, 1.54) is 19.1 Å². The van der Waals surface area contributed by atoms with Crippen LogP contribution in [0.25, 0.3) is 5.76 Å². The number of aliphatic hydroxyl groups is 1. The first-order valence-electron chi connectivity index (χ1n) is 12.7. The van der Waals surface area contributed by atoms with Crippen LogP contribution in [-0.4, -0.2) is 51.7 Å². The van der Waals surface area contributed by atoms with Crippen LogP contribution in [0.2, 0.25) is 0 Å². The molecule has 3 aromatic carbocycles. The average Bonchev–Trinajstić information content (AvgIpc) is 3.21. The van der Waals surface area contributed by atoms with Gasteiger partial charge in [0.05, 0.1) is 32.4 Å². The third-order valence-electron chi connectivity index (χ3n) is 6.51. The second-order valence-electron chi connectivity index (χ2n) is 9.93. The molecule has 1 heterocycles. The van der Waals surface area contributed by atoms with E-state index < -0.39 is 17.7 Å². The van der Waals surface area contributed by atoms with Crippen molar-refractivity contribution < 1.29 is 28.9 Å². The lowest BCUT2D eigenvalue weighted by molar-refractivity contribution is -0.132. The maximum absolute atomic E-state index is 13.5. The first kappa shape index (κ1) is 27.6. The van der Waals surface area contributed by atoms with Crippen LogP contribution in [0, 0.1) is 5.92 Å². The molecule has 1 aliphatic rings. The highest BCUT2D eigenvalue weighted by Gasteiger charge is 2.47. The zero-order valence-electron chi connectivity index (χ0n) is 23.1. The van der Waals surface area contributed by atoms with Crippen LogP contribution in [0.5, 0.6) is 17.2 Å². The van der Waals surface area contributed by atoms with E-state index in [1.807, 2.05) is 57.1 Å². The minimum absolute atomic E-state index is 0.00611. The Morgan fingerprint density at radius 3 is 2.26 bits per heavy atom. The van der Waals surface area contributed by atoms with Gasteiger partial charge in [0, 0.05) is 37.1 Å². The van der Waals surface area contributed by atoms with Gasteiger partial charge in [0.25, 0.3) is 11.7 Å². The summed E-state index contributed by atoms with van der Waals surface area (Å²) in [5, 5.41) is 11.5. The lowest BCUT2D eigenvalue weighted by atomic mass is 9.94. The largest absolute Gasteiger partial charge is 0.507 e. The molecule has 204 valence electrons. The summed E-state index contributed by atoms with van der Waals surface area (Å²) in [4.78, 5) is 30.4. The van der Waals surface area contributed by atoms with Gasteiger partial charge in [-0.05, 0) is 47.9 Å². The van der Waals surface area contributed by atoms with E-state index >= 15 is 0 Å². The van der Waals surface area contributed by atoms with Crippen LogP contribution in [0.3, 0.4) is 0 Å². The third-order valence-corrected chi connectivity index (χ3v) is 6.51. The Balaban J connectivity index is 1.88. The number of aliphatic hydroxyl groups excluding tert-OH is 1. The predicted molar refractivity (Wildman–Crippen MR) is 152 cm³/mol. The Morgan fingerprint density at radius 1 is 0.949 bits per heavy atom. The van der Waals surface area contributed by atoms with E-state index in [-0.39, 0.29) is 11.3 Å². The maximum atomic E-state index is 13.5. The molecule has 0 aliphatic carbocycles. The number of carbonyl (C=O) groups is 2. The molecule has 1 amide bonds. The van der Waals surface area contributed by atoms with Crippen molar-refractivity contribution >= 4 is 28.8 Å². The first-order chi connectivity index (χ1) is 18.7. The molecule has 0 spiro atoms. The van der Waals surface area contributed by atoms with Crippen molar-refractivity contribution in [3.05, 3.63) is 83.4 Å². The molecular formula is C31H34N2O6. The summed E-state index contributed by atoms with van der Waals surface area (Å²) in [6, 6.07) is 18.6. The highest BCUT2D eigenvalue weighted by Crippen LogP contribution is 2.44. The Bertz CT molecular complexity index is 1390. The number of ketones is 1. The quantitative estimate of drug-likeness (QED) is 0.224. The summed E-state index contributed by atoms with van der Waals surface area (Å²) >= 11 is 0. The number of ether oxygens (including phenoxy) is 3. The molecule has 0 radical (unpaired) electrons. The minimum Gasteiger partial charge on any atom is -0.507 e. The molecule has 1 aliphatic heterocycles. The number of benzene rings is 3. The van der Waals surface area contributed by atoms with Crippen LogP contribution in [0.15, 0.2) is 72.3 Å². The highest BCUT2D eigenvalue weighted by atomic mass is 16.5. The smallest absolute Gasteiger partial charge is 0.300 e. The van der Waals surface area contributed by atoms with Crippen LogP contribution in [0.4, 0.5) is 11.4 Å². The van der Waals surface area contributed by atoms with Gasteiger partial charge in [0.15, 0.2) is 11.5 Å². The summed E-state index contributed by atoms with van der Waals surface area (Å²) in [6.07, 6.45) is 0. The summed E-state index contributed by atoms with van der Waals surface area (Å²) in [5.74, 6) is -0.0207. The first-order valence-corrected chi connectivity index (χ1v) is 12.7. The van der Waals surface area contributed by atoms with Gasteiger partial charge >= 0.3 is 0 Å². The Labute approximate surface area is 229 Å². The minimum atomic E-state index is -0.875. The lowest BCUT2D eigenvalue weighted by Crippen LogP contribution is -2.29. The fourth-order valence-electron chi connectivity index (χ4n) is 4.50. The number of Topliss-reactive ketones (excluding diaryl/α,β-unsaturated/α-hetero) is 1. The summed E-state index contributed by atoms with van der Waals surface area (Å²) in [7, 11) is 6.88. The molecule has 8 heteroatoms. The van der Waals surface area contributed by atoms with Gasteiger partial charge in [0.2, 0.25) is 0 Å². The van der Waals surface area contributed by atoms with E-state index in [1.54, 1.807) is 42.5 Å². The van der Waals surface area contributed by atoms with Gasteiger partial charge in [-0.25, -0.2) is 0 Å². The van der Waals surface area contributed by atoms with Crippen molar-refractivity contribution in [2.45, 2.75) is 19.9 Å².